The summed E-state index contributed by atoms with van der Waals surface area (Å²) in [6, 6.07) is 9.05. The van der Waals surface area contributed by atoms with Crippen LogP contribution in [0.3, 0.4) is 0 Å². The molecule has 1 aromatic carbocycles. The van der Waals surface area contributed by atoms with Crippen LogP contribution in [0.2, 0.25) is 0 Å². The number of halogens is 1. The van der Waals surface area contributed by atoms with Crippen LogP contribution in [0.25, 0.3) is 0 Å². The predicted molar refractivity (Wildman–Crippen MR) is 66.9 cm³/mol. The fraction of sp³-hybridized carbons (Fsp3) is 0.500. The SMILES string of the molecule is CNC(c1cccc(Br)c1)C1CCNC1. The van der Waals surface area contributed by atoms with Crippen LogP contribution >= 0.6 is 15.9 Å². The monoisotopic (exact) mass is 268 g/mol. The summed E-state index contributed by atoms with van der Waals surface area (Å²) in [5, 5.41) is 6.85. The molecule has 0 aromatic heterocycles. The smallest absolute Gasteiger partial charge is 0.0359 e. The minimum atomic E-state index is 0.470. The molecule has 2 nitrogen and oxygen atoms in total. The number of rotatable bonds is 3. The fourth-order valence-electron chi connectivity index (χ4n) is 2.34. The quantitative estimate of drug-likeness (QED) is 0.880. The zero-order chi connectivity index (χ0) is 10.7. The van der Waals surface area contributed by atoms with Gasteiger partial charge in [0.05, 0.1) is 0 Å². The summed E-state index contributed by atoms with van der Waals surface area (Å²) >= 11 is 3.52. The summed E-state index contributed by atoms with van der Waals surface area (Å²) in [5.74, 6) is 0.712. The van der Waals surface area contributed by atoms with Gasteiger partial charge in [0.1, 0.15) is 0 Å². The third kappa shape index (κ3) is 2.60. The van der Waals surface area contributed by atoms with Gasteiger partial charge in [-0.3, -0.25) is 0 Å². The van der Waals surface area contributed by atoms with E-state index in [1.165, 1.54) is 12.0 Å². The lowest BCUT2D eigenvalue weighted by Crippen LogP contribution is -2.26. The molecular formula is C12H17BrN2. The summed E-state index contributed by atoms with van der Waals surface area (Å²) in [7, 11) is 2.05. The lowest BCUT2D eigenvalue weighted by atomic mass is 9.92. The molecule has 0 amide bonds. The molecule has 1 heterocycles. The highest BCUT2D eigenvalue weighted by atomic mass is 79.9. The van der Waals surface area contributed by atoms with Crippen molar-refractivity contribution in [1.82, 2.24) is 10.6 Å². The van der Waals surface area contributed by atoms with E-state index in [4.69, 9.17) is 0 Å². The largest absolute Gasteiger partial charge is 0.316 e. The molecule has 0 bridgehead atoms. The van der Waals surface area contributed by atoms with E-state index in [2.05, 4.69) is 50.8 Å². The molecule has 1 fully saturated rings. The van der Waals surface area contributed by atoms with Gasteiger partial charge >= 0.3 is 0 Å². The molecule has 0 aliphatic carbocycles. The van der Waals surface area contributed by atoms with Gasteiger partial charge in [0.25, 0.3) is 0 Å². The van der Waals surface area contributed by atoms with E-state index in [-0.39, 0.29) is 0 Å². The van der Waals surface area contributed by atoms with Gasteiger partial charge in [-0.2, -0.15) is 0 Å². The van der Waals surface area contributed by atoms with Gasteiger partial charge in [-0.25, -0.2) is 0 Å². The number of nitrogens with one attached hydrogen (secondary N) is 2. The minimum Gasteiger partial charge on any atom is -0.316 e. The highest BCUT2D eigenvalue weighted by Crippen LogP contribution is 2.27. The van der Waals surface area contributed by atoms with Crippen LogP contribution in [0.1, 0.15) is 18.0 Å². The molecule has 1 aromatic rings. The first-order valence-corrected chi connectivity index (χ1v) is 6.24. The minimum absolute atomic E-state index is 0.470. The van der Waals surface area contributed by atoms with Crippen LogP contribution in [0, 0.1) is 5.92 Å². The van der Waals surface area contributed by atoms with E-state index in [1.54, 1.807) is 0 Å². The molecule has 0 spiro atoms. The number of hydrogen-bond acceptors (Lipinski definition) is 2. The van der Waals surface area contributed by atoms with Crippen LogP contribution in [0.5, 0.6) is 0 Å². The Hall–Kier alpha value is -0.380. The first kappa shape index (κ1) is 11.1. The third-order valence-corrected chi connectivity index (χ3v) is 3.58. The highest BCUT2D eigenvalue weighted by Gasteiger charge is 2.24. The Morgan fingerprint density at radius 3 is 3.00 bits per heavy atom. The topological polar surface area (TPSA) is 24.1 Å². The lowest BCUT2D eigenvalue weighted by Gasteiger charge is -2.23. The standard InChI is InChI=1S/C12H17BrN2/c1-14-12(10-5-6-15-8-10)9-3-2-4-11(13)7-9/h2-4,7,10,12,14-15H,5-6,8H2,1H3. The fourth-order valence-corrected chi connectivity index (χ4v) is 2.75. The van der Waals surface area contributed by atoms with Crippen molar-refractivity contribution in [3.8, 4) is 0 Å². The van der Waals surface area contributed by atoms with Gasteiger partial charge in [0.15, 0.2) is 0 Å². The van der Waals surface area contributed by atoms with Gasteiger partial charge in [0.2, 0.25) is 0 Å². The molecule has 2 atom stereocenters. The summed E-state index contributed by atoms with van der Waals surface area (Å²) in [5.41, 5.74) is 1.38. The van der Waals surface area contributed by atoms with Crippen molar-refractivity contribution < 1.29 is 0 Å². The predicted octanol–water partition coefficient (Wildman–Crippen LogP) is 2.32. The molecule has 2 rings (SSSR count). The van der Waals surface area contributed by atoms with Crippen molar-refractivity contribution in [2.75, 3.05) is 20.1 Å². The molecule has 2 unspecified atom stereocenters. The van der Waals surface area contributed by atoms with Crippen molar-refractivity contribution in [3.63, 3.8) is 0 Å². The Bertz CT molecular complexity index is 321. The zero-order valence-corrected chi connectivity index (χ0v) is 10.5. The third-order valence-electron chi connectivity index (χ3n) is 3.09. The second-order valence-corrected chi connectivity index (χ2v) is 4.99. The Balaban J connectivity index is 2.18. The van der Waals surface area contributed by atoms with E-state index in [9.17, 15) is 0 Å². The number of benzene rings is 1. The van der Waals surface area contributed by atoms with Gasteiger partial charge in [-0.1, -0.05) is 28.1 Å². The summed E-state index contributed by atoms with van der Waals surface area (Å²) in [6.45, 7) is 2.27. The van der Waals surface area contributed by atoms with Gasteiger partial charge in [-0.05, 0) is 50.2 Å². The van der Waals surface area contributed by atoms with Crippen LogP contribution in [0.4, 0.5) is 0 Å². The molecule has 2 N–H and O–H groups in total. The Labute approximate surface area is 99.6 Å². The van der Waals surface area contributed by atoms with Crippen molar-refractivity contribution in [2.45, 2.75) is 12.5 Å². The first-order valence-electron chi connectivity index (χ1n) is 5.44. The van der Waals surface area contributed by atoms with Gasteiger partial charge in [0, 0.05) is 10.5 Å². The van der Waals surface area contributed by atoms with Gasteiger partial charge < -0.3 is 10.6 Å². The zero-order valence-electron chi connectivity index (χ0n) is 8.96. The van der Waals surface area contributed by atoms with Crippen LogP contribution in [0.15, 0.2) is 28.7 Å². The lowest BCUT2D eigenvalue weighted by molar-refractivity contribution is 0.410. The average Bonchev–Trinajstić information content (AvgIpc) is 2.72. The Kier molecular flexibility index (Phi) is 3.78. The molecule has 3 heteroatoms. The van der Waals surface area contributed by atoms with Crippen LogP contribution in [-0.4, -0.2) is 20.1 Å². The summed E-state index contributed by atoms with van der Waals surface area (Å²) < 4.78 is 1.16. The van der Waals surface area contributed by atoms with E-state index in [0.29, 0.717) is 12.0 Å². The van der Waals surface area contributed by atoms with E-state index < -0.39 is 0 Å². The Morgan fingerprint density at radius 1 is 1.53 bits per heavy atom. The summed E-state index contributed by atoms with van der Waals surface area (Å²) in [6.07, 6.45) is 1.26. The summed E-state index contributed by atoms with van der Waals surface area (Å²) in [4.78, 5) is 0. The molecule has 82 valence electrons. The first-order chi connectivity index (χ1) is 7.31. The second-order valence-electron chi connectivity index (χ2n) is 4.07. The normalized spacial score (nSPS) is 22.9. The molecular weight excluding hydrogens is 252 g/mol. The van der Waals surface area contributed by atoms with E-state index in [0.717, 1.165) is 17.6 Å². The maximum absolute atomic E-state index is 3.52. The molecule has 1 saturated heterocycles. The Morgan fingerprint density at radius 2 is 2.40 bits per heavy atom. The van der Waals surface area contributed by atoms with Crippen molar-refractivity contribution in [1.29, 1.82) is 0 Å². The maximum Gasteiger partial charge on any atom is 0.0359 e. The van der Waals surface area contributed by atoms with E-state index >= 15 is 0 Å². The van der Waals surface area contributed by atoms with Gasteiger partial charge in [-0.15, -0.1) is 0 Å². The van der Waals surface area contributed by atoms with Crippen LogP contribution in [-0.2, 0) is 0 Å². The van der Waals surface area contributed by atoms with Crippen molar-refractivity contribution in [3.05, 3.63) is 34.3 Å². The molecule has 15 heavy (non-hydrogen) atoms. The van der Waals surface area contributed by atoms with Crippen molar-refractivity contribution >= 4 is 15.9 Å². The van der Waals surface area contributed by atoms with E-state index in [1.807, 2.05) is 7.05 Å². The number of hydrogen-bond donors (Lipinski definition) is 2. The maximum atomic E-state index is 3.52. The average molecular weight is 269 g/mol. The second kappa shape index (κ2) is 5.10. The molecule has 0 saturated carbocycles. The molecule has 0 radical (unpaired) electrons. The highest BCUT2D eigenvalue weighted by molar-refractivity contribution is 9.10. The molecule has 1 aliphatic rings. The van der Waals surface area contributed by atoms with Crippen LogP contribution < -0.4 is 10.6 Å². The van der Waals surface area contributed by atoms with Crippen molar-refractivity contribution in [2.24, 2.45) is 5.92 Å². The molecule has 1 aliphatic heterocycles.